The molecule has 0 bridgehead atoms. The van der Waals surface area contributed by atoms with Crippen LogP contribution in [0.3, 0.4) is 0 Å². The molecule has 0 aliphatic rings. The molecule has 0 heterocycles. The first kappa shape index (κ1) is 14.3. The van der Waals surface area contributed by atoms with Crippen LogP contribution in [0.25, 0.3) is 0 Å². The average Bonchev–Trinajstić information content (AvgIpc) is 2.37. The smallest absolute Gasteiger partial charge is 0.228 e. The van der Waals surface area contributed by atoms with E-state index in [0.717, 1.165) is 11.3 Å². The van der Waals surface area contributed by atoms with Crippen molar-refractivity contribution in [3.63, 3.8) is 0 Å². The van der Waals surface area contributed by atoms with E-state index >= 15 is 0 Å². The highest BCUT2D eigenvalue weighted by atomic mass is 16.5. The van der Waals surface area contributed by atoms with E-state index in [2.05, 4.69) is 0 Å². The Morgan fingerprint density at radius 3 is 2.33 bits per heavy atom. The molecule has 0 aliphatic heterocycles. The van der Waals surface area contributed by atoms with Crippen LogP contribution in [-0.2, 0) is 4.79 Å². The van der Waals surface area contributed by atoms with Crippen molar-refractivity contribution in [3.05, 3.63) is 17.7 Å². The van der Waals surface area contributed by atoms with Crippen molar-refractivity contribution in [3.8, 4) is 11.5 Å². The Kier molecular flexibility index (Phi) is 4.97. The molecule has 2 N–H and O–H groups in total. The lowest BCUT2D eigenvalue weighted by Gasteiger charge is -2.21. The van der Waals surface area contributed by atoms with Crippen molar-refractivity contribution in [1.82, 2.24) is 0 Å². The van der Waals surface area contributed by atoms with Crippen molar-refractivity contribution >= 4 is 11.6 Å². The van der Waals surface area contributed by atoms with E-state index in [-0.39, 0.29) is 5.91 Å². The van der Waals surface area contributed by atoms with Crippen molar-refractivity contribution < 1.29 is 14.3 Å². The summed E-state index contributed by atoms with van der Waals surface area (Å²) in [5.74, 6) is 1.23. The molecule has 0 unspecified atom stereocenters. The normalized spacial score (nSPS) is 10.1. The predicted octanol–water partition coefficient (Wildman–Crippen LogP) is 1.32. The zero-order chi connectivity index (χ0) is 13.7. The minimum absolute atomic E-state index is 0.0205. The van der Waals surface area contributed by atoms with E-state index in [0.29, 0.717) is 24.5 Å². The maximum atomic E-state index is 11.8. The predicted molar refractivity (Wildman–Crippen MR) is 71.4 cm³/mol. The number of nitrogens with zero attached hydrogens (tertiary/aromatic N) is 1. The van der Waals surface area contributed by atoms with Gasteiger partial charge in [-0.1, -0.05) is 0 Å². The Bertz CT molecular complexity index is 432. The first-order chi connectivity index (χ1) is 8.54. The van der Waals surface area contributed by atoms with Crippen LogP contribution in [0.15, 0.2) is 12.1 Å². The summed E-state index contributed by atoms with van der Waals surface area (Å²) in [4.78, 5) is 13.4. The average molecular weight is 252 g/mol. The van der Waals surface area contributed by atoms with E-state index < -0.39 is 0 Å². The number of methoxy groups -OCH3 is 2. The Morgan fingerprint density at radius 2 is 1.83 bits per heavy atom. The molecule has 0 saturated carbocycles. The highest BCUT2D eigenvalue weighted by Gasteiger charge is 2.15. The van der Waals surface area contributed by atoms with Crippen molar-refractivity contribution in [2.45, 2.75) is 13.3 Å². The van der Waals surface area contributed by atoms with Crippen LogP contribution >= 0.6 is 0 Å². The van der Waals surface area contributed by atoms with E-state index in [9.17, 15) is 4.79 Å². The monoisotopic (exact) mass is 252 g/mol. The summed E-state index contributed by atoms with van der Waals surface area (Å²) in [5, 5.41) is 0. The molecule has 0 atom stereocenters. The molecule has 5 nitrogen and oxygen atoms in total. The third-order valence-electron chi connectivity index (χ3n) is 2.80. The molecule has 0 aliphatic carbocycles. The van der Waals surface area contributed by atoms with Gasteiger partial charge in [0.2, 0.25) is 5.91 Å². The zero-order valence-electron chi connectivity index (χ0n) is 11.3. The SMILES string of the molecule is COc1cc(C)c(N(C)C(=O)CCN)cc1OC. The van der Waals surface area contributed by atoms with E-state index in [1.54, 1.807) is 32.2 Å². The zero-order valence-corrected chi connectivity index (χ0v) is 11.3. The number of hydrogen-bond acceptors (Lipinski definition) is 4. The summed E-state index contributed by atoms with van der Waals surface area (Å²) in [6.07, 6.45) is 0.324. The molecular formula is C13H20N2O3. The number of nitrogens with two attached hydrogens (primary N) is 1. The molecule has 0 aromatic heterocycles. The standard InChI is InChI=1S/C13H20N2O3/c1-9-7-11(17-3)12(18-4)8-10(9)15(2)13(16)5-6-14/h7-8H,5-6,14H2,1-4H3. The minimum atomic E-state index is -0.0205. The van der Waals surface area contributed by atoms with Crippen LogP contribution in [0.4, 0.5) is 5.69 Å². The Morgan fingerprint density at radius 1 is 1.28 bits per heavy atom. The molecule has 100 valence electrons. The molecular weight excluding hydrogens is 232 g/mol. The van der Waals surface area contributed by atoms with Crippen molar-refractivity contribution in [2.24, 2.45) is 5.73 Å². The van der Waals surface area contributed by atoms with Gasteiger partial charge in [-0.05, 0) is 18.6 Å². The van der Waals surface area contributed by atoms with Crippen LogP contribution in [0, 0.1) is 6.92 Å². The maximum Gasteiger partial charge on any atom is 0.228 e. The number of aryl methyl sites for hydroxylation is 1. The molecule has 5 heteroatoms. The lowest BCUT2D eigenvalue weighted by Crippen LogP contribution is -2.28. The van der Waals surface area contributed by atoms with Crippen LogP contribution in [0.5, 0.6) is 11.5 Å². The molecule has 1 aromatic rings. The van der Waals surface area contributed by atoms with E-state index in [1.165, 1.54) is 0 Å². The Hall–Kier alpha value is -1.75. The Labute approximate surface area is 107 Å². The second-order valence-corrected chi connectivity index (χ2v) is 3.99. The molecule has 18 heavy (non-hydrogen) atoms. The molecule has 0 radical (unpaired) electrons. The van der Waals surface area contributed by atoms with Gasteiger partial charge in [0.15, 0.2) is 11.5 Å². The number of anilines is 1. The third-order valence-corrected chi connectivity index (χ3v) is 2.80. The van der Waals surface area contributed by atoms with Crippen LogP contribution < -0.4 is 20.1 Å². The summed E-state index contributed by atoms with van der Waals surface area (Å²) in [7, 11) is 4.88. The second-order valence-electron chi connectivity index (χ2n) is 3.99. The first-order valence-corrected chi connectivity index (χ1v) is 5.74. The largest absolute Gasteiger partial charge is 0.493 e. The first-order valence-electron chi connectivity index (χ1n) is 5.74. The number of ether oxygens (including phenoxy) is 2. The fourth-order valence-corrected chi connectivity index (χ4v) is 1.76. The lowest BCUT2D eigenvalue weighted by molar-refractivity contribution is -0.118. The molecule has 1 amide bonds. The van der Waals surface area contributed by atoms with Gasteiger partial charge in [0.25, 0.3) is 0 Å². The summed E-state index contributed by atoms with van der Waals surface area (Å²) >= 11 is 0. The van der Waals surface area contributed by atoms with E-state index in [4.69, 9.17) is 15.2 Å². The number of carbonyl (C=O) groups excluding carboxylic acids is 1. The number of hydrogen-bond donors (Lipinski definition) is 1. The minimum Gasteiger partial charge on any atom is -0.493 e. The highest BCUT2D eigenvalue weighted by molar-refractivity contribution is 5.94. The van der Waals surface area contributed by atoms with Crippen molar-refractivity contribution in [1.29, 1.82) is 0 Å². The van der Waals surface area contributed by atoms with Gasteiger partial charge in [-0.15, -0.1) is 0 Å². The van der Waals surface area contributed by atoms with Gasteiger partial charge in [-0.25, -0.2) is 0 Å². The topological polar surface area (TPSA) is 64.8 Å². The van der Waals surface area contributed by atoms with Gasteiger partial charge < -0.3 is 20.1 Å². The van der Waals surface area contributed by atoms with Crippen LogP contribution in [0.1, 0.15) is 12.0 Å². The highest BCUT2D eigenvalue weighted by Crippen LogP contribution is 2.34. The summed E-state index contributed by atoms with van der Waals surface area (Å²) < 4.78 is 10.4. The Balaban J connectivity index is 3.12. The van der Waals surface area contributed by atoms with Gasteiger partial charge in [0.1, 0.15) is 0 Å². The molecule has 0 fully saturated rings. The number of carbonyl (C=O) groups is 1. The van der Waals surface area contributed by atoms with Gasteiger partial charge >= 0.3 is 0 Å². The summed E-state index contributed by atoms with van der Waals surface area (Å²) in [6.45, 7) is 2.26. The van der Waals surface area contributed by atoms with Gasteiger partial charge in [0, 0.05) is 26.1 Å². The number of rotatable bonds is 5. The molecule has 0 spiro atoms. The van der Waals surface area contributed by atoms with Gasteiger partial charge in [-0.3, -0.25) is 4.79 Å². The number of amides is 1. The fraction of sp³-hybridized carbons (Fsp3) is 0.462. The fourth-order valence-electron chi connectivity index (χ4n) is 1.76. The lowest BCUT2D eigenvalue weighted by atomic mass is 10.1. The van der Waals surface area contributed by atoms with Crippen LogP contribution in [0.2, 0.25) is 0 Å². The van der Waals surface area contributed by atoms with Crippen molar-refractivity contribution in [2.75, 3.05) is 32.7 Å². The van der Waals surface area contributed by atoms with E-state index in [1.807, 2.05) is 13.0 Å². The van der Waals surface area contributed by atoms with Gasteiger partial charge in [0.05, 0.1) is 19.9 Å². The molecule has 1 aromatic carbocycles. The van der Waals surface area contributed by atoms with Gasteiger partial charge in [-0.2, -0.15) is 0 Å². The summed E-state index contributed by atoms with van der Waals surface area (Å²) in [5.41, 5.74) is 7.14. The summed E-state index contributed by atoms with van der Waals surface area (Å²) in [6, 6.07) is 3.64. The molecule has 1 rings (SSSR count). The quantitative estimate of drug-likeness (QED) is 0.858. The maximum absolute atomic E-state index is 11.8. The second kappa shape index (κ2) is 6.26. The third kappa shape index (κ3) is 2.92. The molecule has 0 saturated heterocycles. The van der Waals surface area contributed by atoms with Crippen LogP contribution in [-0.4, -0.2) is 33.7 Å². The number of benzene rings is 1.